The van der Waals surface area contributed by atoms with E-state index in [2.05, 4.69) is 10.2 Å². The third-order valence-electron chi connectivity index (χ3n) is 4.66. The SMILES string of the molecule is O=C(NC1CCN(CCCOc2ccc(Cl)cc2)CC1)c1ccccc1. The van der Waals surface area contributed by atoms with Crippen molar-refractivity contribution in [3.63, 3.8) is 0 Å². The van der Waals surface area contributed by atoms with Crippen molar-refractivity contribution in [1.82, 2.24) is 10.2 Å². The fourth-order valence-corrected chi connectivity index (χ4v) is 3.29. The number of piperidine rings is 1. The summed E-state index contributed by atoms with van der Waals surface area (Å²) >= 11 is 5.86. The fourth-order valence-electron chi connectivity index (χ4n) is 3.17. The van der Waals surface area contributed by atoms with Crippen molar-refractivity contribution < 1.29 is 9.53 Å². The zero-order chi connectivity index (χ0) is 18.2. The molecule has 3 rings (SSSR count). The molecule has 0 radical (unpaired) electrons. The molecule has 1 fully saturated rings. The molecule has 1 aliphatic rings. The fraction of sp³-hybridized carbons (Fsp3) is 0.381. The van der Waals surface area contributed by atoms with Gasteiger partial charge < -0.3 is 15.0 Å². The predicted molar refractivity (Wildman–Crippen MR) is 105 cm³/mol. The van der Waals surface area contributed by atoms with E-state index in [9.17, 15) is 4.79 Å². The highest BCUT2D eigenvalue weighted by Crippen LogP contribution is 2.16. The number of ether oxygens (including phenoxy) is 1. The lowest BCUT2D eigenvalue weighted by atomic mass is 10.0. The Kier molecular flexibility index (Phi) is 6.92. The molecule has 0 unspecified atom stereocenters. The van der Waals surface area contributed by atoms with Gasteiger partial charge in [0.25, 0.3) is 5.91 Å². The van der Waals surface area contributed by atoms with Gasteiger partial charge in [0.15, 0.2) is 0 Å². The van der Waals surface area contributed by atoms with Crippen molar-refractivity contribution in [2.75, 3.05) is 26.2 Å². The molecule has 0 spiro atoms. The van der Waals surface area contributed by atoms with E-state index in [-0.39, 0.29) is 11.9 Å². The number of benzene rings is 2. The molecular formula is C21H25ClN2O2. The van der Waals surface area contributed by atoms with Crippen LogP contribution < -0.4 is 10.1 Å². The van der Waals surface area contributed by atoms with E-state index in [4.69, 9.17) is 16.3 Å². The summed E-state index contributed by atoms with van der Waals surface area (Å²) < 4.78 is 5.73. The number of halogens is 1. The Morgan fingerprint density at radius 3 is 2.46 bits per heavy atom. The van der Waals surface area contributed by atoms with Gasteiger partial charge in [0, 0.05) is 36.3 Å². The molecule has 1 saturated heterocycles. The third-order valence-corrected chi connectivity index (χ3v) is 4.91. The molecule has 1 amide bonds. The molecule has 0 aromatic heterocycles. The smallest absolute Gasteiger partial charge is 0.251 e. The van der Waals surface area contributed by atoms with Crippen LogP contribution in [0.4, 0.5) is 0 Å². The van der Waals surface area contributed by atoms with Gasteiger partial charge in [-0.05, 0) is 55.7 Å². The van der Waals surface area contributed by atoms with Crippen LogP contribution in [-0.4, -0.2) is 43.1 Å². The molecule has 1 N–H and O–H groups in total. The summed E-state index contributed by atoms with van der Waals surface area (Å²) in [6.45, 7) is 3.75. The Hall–Kier alpha value is -2.04. The van der Waals surface area contributed by atoms with Crippen LogP contribution in [0.25, 0.3) is 0 Å². The first kappa shape index (κ1) is 18.7. The van der Waals surface area contributed by atoms with E-state index >= 15 is 0 Å². The van der Waals surface area contributed by atoms with E-state index in [0.717, 1.165) is 55.2 Å². The molecule has 2 aromatic rings. The van der Waals surface area contributed by atoms with E-state index in [1.54, 1.807) is 0 Å². The van der Waals surface area contributed by atoms with Crippen LogP contribution in [0.5, 0.6) is 5.75 Å². The minimum Gasteiger partial charge on any atom is -0.494 e. The topological polar surface area (TPSA) is 41.6 Å². The van der Waals surface area contributed by atoms with Crippen molar-refractivity contribution in [3.8, 4) is 5.75 Å². The van der Waals surface area contributed by atoms with Crippen molar-refractivity contribution in [2.45, 2.75) is 25.3 Å². The number of hydrogen-bond donors (Lipinski definition) is 1. The molecule has 0 bridgehead atoms. The maximum Gasteiger partial charge on any atom is 0.251 e. The molecule has 1 aliphatic heterocycles. The maximum atomic E-state index is 12.2. The number of hydrogen-bond acceptors (Lipinski definition) is 3. The van der Waals surface area contributed by atoms with E-state index < -0.39 is 0 Å². The molecule has 2 aromatic carbocycles. The van der Waals surface area contributed by atoms with Crippen LogP contribution in [0.2, 0.25) is 5.02 Å². The first-order chi connectivity index (χ1) is 12.7. The predicted octanol–water partition coefficient (Wildman–Crippen LogP) is 4.00. The Labute approximate surface area is 160 Å². The zero-order valence-corrected chi connectivity index (χ0v) is 15.6. The zero-order valence-electron chi connectivity index (χ0n) is 14.9. The first-order valence-corrected chi connectivity index (χ1v) is 9.55. The number of carbonyl (C=O) groups is 1. The Bertz CT molecular complexity index is 683. The molecule has 1 heterocycles. The average Bonchev–Trinajstić information content (AvgIpc) is 2.68. The third kappa shape index (κ3) is 5.75. The highest BCUT2D eigenvalue weighted by molar-refractivity contribution is 6.30. The first-order valence-electron chi connectivity index (χ1n) is 9.17. The number of nitrogens with one attached hydrogen (secondary N) is 1. The van der Waals surface area contributed by atoms with Gasteiger partial charge in [-0.3, -0.25) is 4.79 Å². The van der Waals surface area contributed by atoms with Gasteiger partial charge in [0.05, 0.1) is 6.61 Å². The summed E-state index contributed by atoms with van der Waals surface area (Å²) in [5.41, 5.74) is 0.731. The number of likely N-dealkylation sites (tertiary alicyclic amines) is 1. The van der Waals surface area contributed by atoms with Gasteiger partial charge >= 0.3 is 0 Å². The highest BCUT2D eigenvalue weighted by Gasteiger charge is 2.20. The molecule has 5 heteroatoms. The largest absolute Gasteiger partial charge is 0.494 e. The molecule has 26 heavy (non-hydrogen) atoms. The second-order valence-electron chi connectivity index (χ2n) is 6.61. The summed E-state index contributed by atoms with van der Waals surface area (Å²) in [4.78, 5) is 14.7. The molecular weight excluding hydrogens is 348 g/mol. The molecule has 0 aliphatic carbocycles. The van der Waals surface area contributed by atoms with Gasteiger partial charge in [0.1, 0.15) is 5.75 Å². The number of carbonyl (C=O) groups excluding carboxylic acids is 1. The van der Waals surface area contributed by atoms with E-state index in [1.165, 1.54) is 0 Å². The average molecular weight is 373 g/mol. The quantitative estimate of drug-likeness (QED) is 0.747. The minimum atomic E-state index is 0.0282. The van der Waals surface area contributed by atoms with Crippen molar-refractivity contribution in [2.24, 2.45) is 0 Å². The standard InChI is InChI=1S/C21H25ClN2O2/c22-18-7-9-20(10-8-18)26-16-4-13-24-14-11-19(12-15-24)23-21(25)17-5-2-1-3-6-17/h1-3,5-10,19H,4,11-16H2,(H,23,25). The van der Waals surface area contributed by atoms with E-state index in [1.807, 2.05) is 54.6 Å². The van der Waals surface area contributed by atoms with Crippen molar-refractivity contribution in [3.05, 3.63) is 65.2 Å². The van der Waals surface area contributed by atoms with Gasteiger partial charge in [-0.25, -0.2) is 0 Å². The molecule has 4 nitrogen and oxygen atoms in total. The summed E-state index contributed by atoms with van der Waals surface area (Å²) in [7, 11) is 0. The van der Waals surface area contributed by atoms with Crippen molar-refractivity contribution >= 4 is 17.5 Å². The van der Waals surface area contributed by atoms with Crippen LogP contribution in [0, 0.1) is 0 Å². The van der Waals surface area contributed by atoms with Gasteiger partial charge in [-0.1, -0.05) is 29.8 Å². The lowest BCUT2D eigenvalue weighted by molar-refractivity contribution is 0.0909. The number of amides is 1. The van der Waals surface area contributed by atoms with Crippen LogP contribution in [0.3, 0.4) is 0 Å². The molecule has 0 saturated carbocycles. The summed E-state index contributed by atoms with van der Waals surface area (Å²) in [5, 5.41) is 3.87. The second kappa shape index (κ2) is 9.60. The maximum absolute atomic E-state index is 12.2. The lowest BCUT2D eigenvalue weighted by Gasteiger charge is -2.32. The Morgan fingerprint density at radius 1 is 1.08 bits per heavy atom. The van der Waals surface area contributed by atoms with E-state index in [0.29, 0.717) is 6.61 Å². The lowest BCUT2D eigenvalue weighted by Crippen LogP contribution is -2.45. The molecule has 138 valence electrons. The second-order valence-corrected chi connectivity index (χ2v) is 7.05. The van der Waals surface area contributed by atoms with Gasteiger partial charge in [-0.15, -0.1) is 0 Å². The molecule has 0 atom stereocenters. The van der Waals surface area contributed by atoms with Gasteiger partial charge in [0.2, 0.25) is 0 Å². The van der Waals surface area contributed by atoms with Crippen LogP contribution in [0.15, 0.2) is 54.6 Å². The van der Waals surface area contributed by atoms with Crippen molar-refractivity contribution in [1.29, 1.82) is 0 Å². The van der Waals surface area contributed by atoms with Crippen LogP contribution >= 0.6 is 11.6 Å². The summed E-state index contributed by atoms with van der Waals surface area (Å²) in [6.07, 6.45) is 2.98. The Morgan fingerprint density at radius 2 is 1.77 bits per heavy atom. The highest BCUT2D eigenvalue weighted by atomic mass is 35.5. The van der Waals surface area contributed by atoms with Gasteiger partial charge in [-0.2, -0.15) is 0 Å². The van der Waals surface area contributed by atoms with Crippen LogP contribution in [0.1, 0.15) is 29.6 Å². The number of nitrogens with zero attached hydrogens (tertiary/aromatic N) is 1. The summed E-state index contributed by atoms with van der Waals surface area (Å²) in [6, 6.07) is 17.1. The summed E-state index contributed by atoms with van der Waals surface area (Å²) in [5.74, 6) is 0.886. The minimum absolute atomic E-state index is 0.0282. The van der Waals surface area contributed by atoms with Crippen LogP contribution in [-0.2, 0) is 0 Å². The number of rotatable bonds is 7. The Balaban J connectivity index is 1.31. The monoisotopic (exact) mass is 372 g/mol. The normalized spacial score (nSPS) is 15.6.